The van der Waals surface area contributed by atoms with Crippen molar-refractivity contribution in [1.82, 2.24) is 10.6 Å². The lowest BCUT2D eigenvalue weighted by Gasteiger charge is -2.28. The summed E-state index contributed by atoms with van der Waals surface area (Å²) in [6.07, 6.45) is 3.93. The number of hydrogen-bond acceptors (Lipinski definition) is 4. The Balaban J connectivity index is 2.22. The molecule has 0 radical (unpaired) electrons. The van der Waals surface area contributed by atoms with Crippen molar-refractivity contribution in [2.45, 2.75) is 45.6 Å². The van der Waals surface area contributed by atoms with E-state index >= 15 is 0 Å². The summed E-state index contributed by atoms with van der Waals surface area (Å²) in [6.45, 7) is 5.19. The van der Waals surface area contributed by atoms with Crippen molar-refractivity contribution in [3.8, 4) is 0 Å². The Labute approximate surface area is 109 Å². The Morgan fingerprint density at radius 1 is 1.28 bits per heavy atom. The molecule has 1 rings (SSSR count). The first-order valence-electron chi connectivity index (χ1n) is 6.78. The van der Waals surface area contributed by atoms with Gasteiger partial charge in [0.25, 0.3) is 0 Å². The zero-order valence-corrected chi connectivity index (χ0v) is 11.3. The zero-order valence-electron chi connectivity index (χ0n) is 11.3. The zero-order chi connectivity index (χ0) is 13.4. The first-order valence-corrected chi connectivity index (χ1v) is 6.78. The lowest BCUT2D eigenvalue weighted by atomic mass is 9.86. The van der Waals surface area contributed by atoms with Crippen LogP contribution in [0.15, 0.2) is 0 Å². The predicted octanol–water partition coefficient (Wildman–Crippen LogP) is 0.834. The van der Waals surface area contributed by atoms with Gasteiger partial charge in [0.15, 0.2) is 0 Å². The molecule has 0 saturated heterocycles. The van der Waals surface area contributed by atoms with Gasteiger partial charge < -0.3 is 15.4 Å². The quantitative estimate of drug-likeness (QED) is 0.546. The number of amides is 1. The highest BCUT2D eigenvalue weighted by Gasteiger charge is 2.27. The van der Waals surface area contributed by atoms with Crippen LogP contribution >= 0.6 is 0 Å². The molecule has 0 heterocycles. The van der Waals surface area contributed by atoms with Crippen molar-refractivity contribution in [2.24, 2.45) is 5.92 Å². The van der Waals surface area contributed by atoms with Crippen LogP contribution in [0.1, 0.15) is 39.5 Å². The Hall–Kier alpha value is -1.10. The van der Waals surface area contributed by atoms with Gasteiger partial charge in [-0.15, -0.1) is 0 Å². The summed E-state index contributed by atoms with van der Waals surface area (Å²) >= 11 is 0. The first-order chi connectivity index (χ1) is 8.63. The van der Waals surface area contributed by atoms with Crippen LogP contribution < -0.4 is 10.6 Å². The molecule has 104 valence electrons. The molecule has 18 heavy (non-hydrogen) atoms. The number of nitrogens with one attached hydrogen (secondary N) is 2. The molecule has 1 aliphatic carbocycles. The molecule has 1 aliphatic rings. The lowest BCUT2D eigenvalue weighted by Crippen LogP contribution is -2.40. The van der Waals surface area contributed by atoms with E-state index in [9.17, 15) is 9.59 Å². The van der Waals surface area contributed by atoms with E-state index in [1.807, 2.05) is 6.92 Å². The van der Waals surface area contributed by atoms with E-state index in [1.54, 1.807) is 0 Å². The maximum atomic E-state index is 11.7. The van der Waals surface area contributed by atoms with Gasteiger partial charge in [-0.1, -0.05) is 6.42 Å². The van der Waals surface area contributed by atoms with Crippen molar-refractivity contribution in [3.05, 3.63) is 0 Å². The molecule has 1 amide bonds. The van der Waals surface area contributed by atoms with E-state index in [0.29, 0.717) is 19.2 Å². The highest BCUT2D eigenvalue weighted by atomic mass is 16.5. The third kappa shape index (κ3) is 5.49. The van der Waals surface area contributed by atoms with E-state index in [0.717, 1.165) is 32.2 Å². The lowest BCUT2D eigenvalue weighted by molar-refractivity contribution is -0.149. The van der Waals surface area contributed by atoms with E-state index in [1.165, 1.54) is 6.92 Å². The van der Waals surface area contributed by atoms with E-state index < -0.39 is 0 Å². The van der Waals surface area contributed by atoms with Gasteiger partial charge in [0.1, 0.15) is 0 Å². The highest BCUT2D eigenvalue weighted by Crippen LogP contribution is 2.25. The Morgan fingerprint density at radius 3 is 2.72 bits per heavy atom. The standard InChI is InChI=1S/C13H24N2O3/c1-3-18-13(17)11-5-4-6-12(9-11)15-8-7-14-10(2)16/h11-12,15H,3-9H2,1-2H3,(H,14,16). The van der Waals surface area contributed by atoms with Crippen LogP contribution in [-0.2, 0) is 14.3 Å². The minimum atomic E-state index is -0.0640. The average molecular weight is 256 g/mol. The maximum absolute atomic E-state index is 11.7. The second kappa shape index (κ2) is 8.08. The number of ether oxygens (including phenoxy) is 1. The van der Waals surface area contributed by atoms with Gasteiger partial charge in [-0.2, -0.15) is 0 Å². The normalized spacial score (nSPS) is 23.4. The fourth-order valence-electron chi connectivity index (χ4n) is 2.36. The molecule has 5 nitrogen and oxygen atoms in total. The molecule has 0 bridgehead atoms. The number of hydrogen-bond donors (Lipinski definition) is 2. The predicted molar refractivity (Wildman–Crippen MR) is 69.1 cm³/mol. The smallest absolute Gasteiger partial charge is 0.308 e. The van der Waals surface area contributed by atoms with Crippen LogP contribution in [0, 0.1) is 5.92 Å². The molecular weight excluding hydrogens is 232 g/mol. The van der Waals surface area contributed by atoms with Gasteiger partial charge in [-0.05, 0) is 26.2 Å². The summed E-state index contributed by atoms with van der Waals surface area (Å²) in [6, 6.07) is 0.363. The molecular formula is C13H24N2O3. The van der Waals surface area contributed by atoms with Gasteiger partial charge >= 0.3 is 5.97 Å². The van der Waals surface area contributed by atoms with E-state index in [2.05, 4.69) is 10.6 Å². The fraction of sp³-hybridized carbons (Fsp3) is 0.846. The molecule has 1 saturated carbocycles. The van der Waals surface area contributed by atoms with Gasteiger partial charge in [0.2, 0.25) is 5.91 Å². The minimum absolute atomic E-state index is 0.00940. The summed E-state index contributed by atoms with van der Waals surface area (Å²) in [5.41, 5.74) is 0. The molecule has 0 spiro atoms. The number of carbonyl (C=O) groups is 2. The third-order valence-corrected chi connectivity index (χ3v) is 3.23. The van der Waals surface area contributed by atoms with Crippen molar-refractivity contribution < 1.29 is 14.3 Å². The molecule has 0 aromatic heterocycles. The van der Waals surface area contributed by atoms with Crippen LogP contribution in [-0.4, -0.2) is 37.6 Å². The van der Waals surface area contributed by atoms with Gasteiger partial charge in [-0.25, -0.2) is 0 Å². The Bertz CT molecular complexity index is 281. The number of esters is 1. The Kier molecular flexibility index (Phi) is 6.72. The molecule has 0 aromatic carbocycles. The third-order valence-electron chi connectivity index (χ3n) is 3.23. The second-order valence-electron chi connectivity index (χ2n) is 4.75. The fourth-order valence-corrected chi connectivity index (χ4v) is 2.36. The molecule has 2 unspecified atom stereocenters. The molecule has 1 fully saturated rings. The summed E-state index contributed by atoms with van der Waals surface area (Å²) < 4.78 is 5.06. The maximum Gasteiger partial charge on any atom is 0.308 e. The molecule has 0 aromatic rings. The van der Waals surface area contributed by atoms with Gasteiger partial charge in [-0.3, -0.25) is 9.59 Å². The van der Waals surface area contributed by atoms with Crippen molar-refractivity contribution >= 4 is 11.9 Å². The van der Waals surface area contributed by atoms with Crippen molar-refractivity contribution in [2.75, 3.05) is 19.7 Å². The monoisotopic (exact) mass is 256 g/mol. The van der Waals surface area contributed by atoms with Crippen LogP contribution in [0.4, 0.5) is 0 Å². The topological polar surface area (TPSA) is 67.4 Å². The molecule has 5 heteroatoms. The molecule has 2 N–H and O–H groups in total. The summed E-state index contributed by atoms with van der Waals surface area (Å²) in [5.74, 6) is -0.0346. The van der Waals surface area contributed by atoms with Gasteiger partial charge in [0.05, 0.1) is 12.5 Å². The van der Waals surface area contributed by atoms with Crippen LogP contribution in [0.25, 0.3) is 0 Å². The molecule has 0 aliphatic heterocycles. The van der Waals surface area contributed by atoms with Crippen LogP contribution in [0.5, 0.6) is 0 Å². The summed E-state index contributed by atoms with van der Waals surface area (Å²) in [5, 5.41) is 6.13. The van der Waals surface area contributed by atoms with Crippen molar-refractivity contribution in [3.63, 3.8) is 0 Å². The summed E-state index contributed by atoms with van der Waals surface area (Å²) in [4.78, 5) is 22.4. The van der Waals surface area contributed by atoms with Crippen LogP contribution in [0.2, 0.25) is 0 Å². The summed E-state index contributed by atoms with van der Waals surface area (Å²) in [7, 11) is 0. The number of rotatable bonds is 6. The number of carbonyl (C=O) groups excluding carboxylic acids is 2. The van der Waals surface area contributed by atoms with Crippen molar-refractivity contribution in [1.29, 1.82) is 0 Å². The van der Waals surface area contributed by atoms with Gasteiger partial charge in [0, 0.05) is 26.1 Å². The van der Waals surface area contributed by atoms with Crippen LogP contribution in [0.3, 0.4) is 0 Å². The second-order valence-corrected chi connectivity index (χ2v) is 4.75. The highest BCUT2D eigenvalue weighted by molar-refractivity contribution is 5.73. The first kappa shape index (κ1) is 15.0. The van der Waals surface area contributed by atoms with E-state index in [-0.39, 0.29) is 17.8 Å². The Morgan fingerprint density at radius 2 is 2.06 bits per heavy atom. The largest absolute Gasteiger partial charge is 0.466 e. The minimum Gasteiger partial charge on any atom is -0.466 e. The van der Waals surface area contributed by atoms with E-state index in [4.69, 9.17) is 4.74 Å². The average Bonchev–Trinajstić information content (AvgIpc) is 2.35. The SMILES string of the molecule is CCOC(=O)C1CCCC(NCCNC(C)=O)C1. The molecule has 2 atom stereocenters.